The lowest BCUT2D eigenvalue weighted by Crippen LogP contribution is -2.10. The number of hydrogen-bond acceptors (Lipinski definition) is 1. The van der Waals surface area contributed by atoms with E-state index >= 15 is 0 Å². The van der Waals surface area contributed by atoms with Crippen LogP contribution >= 0.6 is 0 Å². The molecule has 234 valence electrons. The number of benzene rings is 9. The van der Waals surface area contributed by atoms with E-state index in [1.54, 1.807) is 0 Å². The summed E-state index contributed by atoms with van der Waals surface area (Å²) in [5, 5.41) is 10.1. The molecule has 2 nitrogen and oxygen atoms in total. The molecule has 0 spiro atoms. The van der Waals surface area contributed by atoms with Gasteiger partial charge in [-0.25, -0.2) is 0 Å². The van der Waals surface area contributed by atoms with Gasteiger partial charge in [0.05, 0.1) is 11.0 Å². The van der Waals surface area contributed by atoms with Crippen molar-refractivity contribution in [3.05, 3.63) is 194 Å². The van der Waals surface area contributed by atoms with Gasteiger partial charge < -0.3 is 9.47 Å². The molecule has 0 atom stereocenters. The molecular formula is C48H32N2. The lowest BCUT2D eigenvalue weighted by atomic mass is 9.94. The van der Waals surface area contributed by atoms with Crippen molar-refractivity contribution in [3.8, 4) is 16.8 Å². The van der Waals surface area contributed by atoms with E-state index in [1.807, 2.05) is 0 Å². The lowest BCUT2D eigenvalue weighted by Gasteiger charge is -2.26. The Morgan fingerprint density at radius 1 is 0.280 bits per heavy atom. The first kappa shape index (κ1) is 28.4. The van der Waals surface area contributed by atoms with Gasteiger partial charge in [-0.1, -0.05) is 140 Å². The van der Waals surface area contributed by atoms with E-state index < -0.39 is 0 Å². The van der Waals surface area contributed by atoms with Crippen LogP contribution in [0.5, 0.6) is 0 Å². The fourth-order valence-corrected chi connectivity index (χ4v) is 7.89. The maximum Gasteiger partial charge on any atom is 0.0561 e. The van der Waals surface area contributed by atoms with Crippen LogP contribution < -0.4 is 4.90 Å². The second-order valence-electron chi connectivity index (χ2n) is 13.0. The zero-order valence-corrected chi connectivity index (χ0v) is 27.4. The number of aromatic nitrogens is 1. The highest BCUT2D eigenvalue weighted by atomic mass is 15.1. The Morgan fingerprint density at radius 3 is 1.48 bits per heavy atom. The van der Waals surface area contributed by atoms with Crippen LogP contribution in [0, 0.1) is 0 Å². The van der Waals surface area contributed by atoms with Gasteiger partial charge in [0.1, 0.15) is 0 Å². The molecule has 10 rings (SSSR count). The van der Waals surface area contributed by atoms with E-state index in [0.717, 1.165) is 22.7 Å². The van der Waals surface area contributed by atoms with E-state index in [0.29, 0.717) is 0 Å². The molecule has 0 unspecified atom stereocenters. The van der Waals surface area contributed by atoms with E-state index in [9.17, 15) is 0 Å². The van der Waals surface area contributed by atoms with Crippen molar-refractivity contribution >= 4 is 71.2 Å². The molecular weight excluding hydrogens is 605 g/mol. The average Bonchev–Trinajstić information content (AvgIpc) is 3.52. The van der Waals surface area contributed by atoms with Crippen molar-refractivity contribution in [1.82, 2.24) is 4.57 Å². The largest absolute Gasteiger partial charge is 0.310 e. The van der Waals surface area contributed by atoms with Gasteiger partial charge in [0.15, 0.2) is 0 Å². The number of fused-ring (bicyclic) bond motifs is 9. The SMILES string of the molecule is c1ccc(-c2cccc(-n3c4ccccc4c4ccc(N(c5ccccc5)c5ccc6c7ccccc7c7ccccc7c6c5)cc43)c2)cc1. The van der Waals surface area contributed by atoms with Crippen molar-refractivity contribution in [2.45, 2.75) is 0 Å². The Labute approximate surface area is 290 Å². The topological polar surface area (TPSA) is 8.17 Å². The summed E-state index contributed by atoms with van der Waals surface area (Å²) in [6, 6.07) is 70.5. The summed E-state index contributed by atoms with van der Waals surface area (Å²) in [7, 11) is 0. The van der Waals surface area contributed by atoms with Gasteiger partial charge in [0, 0.05) is 33.5 Å². The molecule has 0 aliphatic rings. The molecule has 0 saturated heterocycles. The third kappa shape index (κ3) is 4.50. The summed E-state index contributed by atoms with van der Waals surface area (Å²) in [4.78, 5) is 2.39. The molecule has 1 aromatic heterocycles. The van der Waals surface area contributed by atoms with Crippen LogP contribution in [0.1, 0.15) is 0 Å². The molecule has 50 heavy (non-hydrogen) atoms. The van der Waals surface area contributed by atoms with Gasteiger partial charge in [0.25, 0.3) is 0 Å². The summed E-state index contributed by atoms with van der Waals surface area (Å²) in [5.41, 5.74) is 9.27. The molecule has 0 bridgehead atoms. The van der Waals surface area contributed by atoms with Crippen molar-refractivity contribution in [2.75, 3.05) is 4.90 Å². The van der Waals surface area contributed by atoms with Crippen LogP contribution in [0.25, 0.3) is 70.9 Å². The molecule has 0 aliphatic carbocycles. The first-order valence-electron chi connectivity index (χ1n) is 17.2. The summed E-state index contributed by atoms with van der Waals surface area (Å²) in [6.07, 6.45) is 0. The van der Waals surface area contributed by atoms with Crippen molar-refractivity contribution in [2.24, 2.45) is 0 Å². The highest BCUT2D eigenvalue weighted by molar-refractivity contribution is 6.25. The Hall–Kier alpha value is -6.64. The first-order chi connectivity index (χ1) is 24.8. The summed E-state index contributed by atoms with van der Waals surface area (Å²) < 4.78 is 2.42. The molecule has 10 aromatic rings. The van der Waals surface area contributed by atoms with E-state index in [-0.39, 0.29) is 0 Å². The number of anilines is 3. The van der Waals surface area contributed by atoms with Crippen molar-refractivity contribution in [3.63, 3.8) is 0 Å². The van der Waals surface area contributed by atoms with Crippen LogP contribution in [0.3, 0.4) is 0 Å². The van der Waals surface area contributed by atoms with E-state index in [1.165, 1.54) is 65.3 Å². The van der Waals surface area contributed by atoms with Crippen LogP contribution in [-0.2, 0) is 0 Å². The summed E-state index contributed by atoms with van der Waals surface area (Å²) in [5.74, 6) is 0. The van der Waals surface area contributed by atoms with Gasteiger partial charge in [-0.15, -0.1) is 0 Å². The van der Waals surface area contributed by atoms with Crippen molar-refractivity contribution < 1.29 is 0 Å². The van der Waals surface area contributed by atoms with Gasteiger partial charge in [-0.3, -0.25) is 0 Å². The molecule has 0 fully saturated rings. The van der Waals surface area contributed by atoms with Gasteiger partial charge in [0.2, 0.25) is 0 Å². The smallest absolute Gasteiger partial charge is 0.0561 e. The fraction of sp³-hybridized carbons (Fsp3) is 0. The quantitative estimate of drug-likeness (QED) is 0.171. The number of para-hydroxylation sites is 2. The van der Waals surface area contributed by atoms with Gasteiger partial charge >= 0.3 is 0 Å². The zero-order valence-electron chi connectivity index (χ0n) is 27.4. The van der Waals surface area contributed by atoms with E-state index in [2.05, 4.69) is 204 Å². The second kappa shape index (κ2) is 11.5. The normalized spacial score (nSPS) is 11.6. The predicted molar refractivity (Wildman–Crippen MR) is 213 cm³/mol. The molecule has 0 radical (unpaired) electrons. The third-order valence-corrected chi connectivity index (χ3v) is 10.1. The van der Waals surface area contributed by atoms with Crippen LogP contribution in [0.15, 0.2) is 194 Å². The third-order valence-electron chi connectivity index (χ3n) is 10.1. The number of hydrogen-bond donors (Lipinski definition) is 0. The van der Waals surface area contributed by atoms with Crippen LogP contribution in [-0.4, -0.2) is 4.57 Å². The predicted octanol–water partition coefficient (Wildman–Crippen LogP) is 13.4. The second-order valence-corrected chi connectivity index (χ2v) is 13.0. The minimum Gasteiger partial charge on any atom is -0.310 e. The average molecular weight is 637 g/mol. The minimum absolute atomic E-state index is 1.11. The highest BCUT2D eigenvalue weighted by Gasteiger charge is 2.19. The molecule has 0 aliphatic heterocycles. The molecule has 0 saturated carbocycles. The van der Waals surface area contributed by atoms with Gasteiger partial charge in [-0.2, -0.15) is 0 Å². The summed E-state index contributed by atoms with van der Waals surface area (Å²) >= 11 is 0. The Bertz CT molecular complexity index is 2830. The van der Waals surface area contributed by atoms with Crippen LogP contribution in [0.2, 0.25) is 0 Å². The maximum absolute atomic E-state index is 2.42. The lowest BCUT2D eigenvalue weighted by molar-refractivity contribution is 1.18. The van der Waals surface area contributed by atoms with Crippen LogP contribution in [0.4, 0.5) is 17.1 Å². The molecule has 0 amide bonds. The molecule has 9 aromatic carbocycles. The van der Waals surface area contributed by atoms with Gasteiger partial charge in [-0.05, 0) is 98.0 Å². The monoisotopic (exact) mass is 636 g/mol. The number of nitrogens with zero attached hydrogens (tertiary/aromatic N) is 2. The standard InChI is InChI=1S/C48H32N2/c1-3-14-33(15-4-1)34-16-13-19-36(30-34)50-47-25-12-11-24-44(47)45-29-27-38(32-48(45)50)49(35-17-5-2-6-18-35)37-26-28-43-41-22-8-7-20-39(41)40-21-9-10-23-42(40)46(43)31-37/h1-32H. The molecule has 0 N–H and O–H groups in total. The Balaban J connectivity index is 1.22. The summed E-state index contributed by atoms with van der Waals surface area (Å²) in [6.45, 7) is 0. The zero-order chi connectivity index (χ0) is 33.0. The first-order valence-corrected chi connectivity index (χ1v) is 17.2. The fourth-order valence-electron chi connectivity index (χ4n) is 7.89. The maximum atomic E-state index is 2.42. The Morgan fingerprint density at radius 2 is 0.780 bits per heavy atom. The highest BCUT2D eigenvalue weighted by Crippen LogP contribution is 2.43. The molecule has 2 heteroatoms. The Kier molecular flexibility index (Phi) is 6.53. The van der Waals surface area contributed by atoms with Crippen molar-refractivity contribution in [1.29, 1.82) is 0 Å². The molecule has 1 heterocycles. The minimum atomic E-state index is 1.11. The van der Waals surface area contributed by atoms with E-state index in [4.69, 9.17) is 0 Å². The number of rotatable bonds is 5.